The molecule has 0 unspecified atom stereocenters. The molecule has 1 aliphatic heterocycles. The number of aryl methyl sites for hydroxylation is 2. The van der Waals surface area contributed by atoms with Crippen LogP contribution in [0.3, 0.4) is 0 Å². The molecule has 4 heteroatoms. The van der Waals surface area contributed by atoms with Crippen molar-refractivity contribution < 1.29 is 9.47 Å². The van der Waals surface area contributed by atoms with E-state index in [2.05, 4.69) is 53.9 Å². The summed E-state index contributed by atoms with van der Waals surface area (Å²) in [6.45, 7) is 0.333. The fourth-order valence-corrected chi connectivity index (χ4v) is 6.74. The molecule has 2 aromatic heterocycles. The number of fused-ring (bicyclic) bond motifs is 9. The van der Waals surface area contributed by atoms with Crippen molar-refractivity contribution in [3.05, 3.63) is 70.4 Å². The first-order valence-electron chi connectivity index (χ1n) is 9.80. The number of rotatable bonds is 3. The Morgan fingerprint density at radius 2 is 1.55 bits per heavy atom. The molecule has 0 amide bonds. The third-order valence-electron chi connectivity index (χ3n) is 6.00. The van der Waals surface area contributed by atoms with E-state index in [0.29, 0.717) is 6.79 Å². The third-order valence-corrected chi connectivity index (χ3v) is 8.17. The number of thiophene rings is 2. The van der Waals surface area contributed by atoms with Gasteiger partial charge in [-0.15, -0.1) is 22.7 Å². The van der Waals surface area contributed by atoms with Crippen molar-refractivity contribution in [2.75, 3.05) is 6.79 Å². The zero-order valence-electron chi connectivity index (χ0n) is 15.5. The first-order valence-corrected chi connectivity index (χ1v) is 11.5. The quantitative estimate of drug-likeness (QED) is 0.304. The molecule has 3 heterocycles. The van der Waals surface area contributed by atoms with Crippen molar-refractivity contribution in [2.45, 2.75) is 12.8 Å². The molecule has 7 rings (SSSR count). The van der Waals surface area contributed by atoms with Crippen LogP contribution < -0.4 is 9.47 Å². The molecule has 140 valence electrons. The van der Waals surface area contributed by atoms with E-state index in [1.807, 2.05) is 28.7 Å². The molecule has 0 spiro atoms. The smallest absolute Gasteiger partial charge is 0.231 e. The van der Waals surface area contributed by atoms with E-state index in [4.69, 9.17) is 9.47 Å². The zero-order chi connectivity index (χ0) is 18.9. The van der Waals surface area contributed by atoms with Crippen molar-refractivity contribution in [2.24, 2.45) is 0 Å². The Labute approximate surface area is 175 Å². The van der Waals surface area contributed by atoms with Gasteiger partial charge >= 0.3 is 0 Å². The summed E-state index contributed by atoms with van der Waals surface area (Å²) in [6, 6.07) is 20.1. The highest BCUT2D eigenvalue weighted by Crippen LogP contribution is 2.55. The molecule has 0 saturated carbocycles. The molecular formula is C25H16O2S2. The summed E-state index contributed by atoms with van der Waals surface area (Å²) in [4.78, 5) is 1.44. The molecule has 0 N–H and O–H groups in total. The molecule has 0 bridgehead atoms. The van der Waals surface area contributed by atoms with Gasteiger partial charge in [-0.2, -0.15) is 0 Å². The first-order chi connectivity index (χ1) is 14.3. The maximum Gasteiger partial charge on any atom is 0.231 e. The van der Waals surface area contributed by atoms with Crippen LogP contribution in [0.1, 0.15) is 10.4 Å². The third kappa shape index (κ3) is 2.27. The second-order valence-electron chi connectivity index (χ2n) is 7.63. The molecule has 0 saturated heterocycles. The minimum absolute atomic E-state index is 0.333. The maximum absolute atomic E-state index is 5.51. The van der Waals surface area contributed by atoms with Crippen LogP contribution in [0.2, 0.25) is 0 Å². The van der Waals surface area contributed by atoms with Crippen molar-refractivity contribution in [1.82, 2.24) is 0 Å². The van der Waals surface area contributed by atoms with Crippen molar-refractivity contribution in [1.29, 1.82) is 0 Å². The van der Waals surface area contributed by atoms with Gasteiger partial charge in [0, 0.05) is 25.4 Å². The van der Waals surface area contributed by atoms with Gasteiger partial charge in [0.2, 0.25) is 6.79 Å². The molecule has 0 fully saturated rings. The number of benzene rings is 3. The lowest BCUT2D eigenvalue weighted by molar-refractivity contribution is 0.174. The van der Waals surface area contributed by atoms with E-state index in [9.17, 15) is 0 Å². The van der Waals surface area contributed by atoms with Crippen LogP contribution in [0.4, 0.5) is 0 Å². The van der Waals surface area contributed by atoms with Gasteiger partial charge in [-0.25, -0.2) is 0 Å². The Bertz CT molecular complexity index is 1440. The highest BCUT2D eigenvalue weighted by atomic mass is 32.1. The van der Waals surface area contributed by atoms with Gasteiger partial charge in [0.25, 0.3) is 0 Å². The van der Waals surface area contributed by atoms with E-state index >= 15 is 0 Å². The molecule has 29 heavy (non-hydrogen) atoms. The average molecular weight is 413 g/mol. The molecule has 0 radical (unpaired) electrons. The Hall–Kier alpha value is -2.82. The highest BCUT2D eigenvalue weighted by Gasteiger charge is 2.28. The minimum atomic E-state index is 0.333. The summed E-state index contributed by atoms with van der Waals surface area (Å²) in [5.74, 6) is 1.73. The highest BCUT2D eigenvalue weighted by molar-refractivity contribution is 7.20. The van der Waals surface area contributed by atoms with Crippen LogP contribution in [0.15, 0.2) is 60.0 Å². The van der Waals surface area contributed by atoms with Gasteiger partial charge in [0.15, 0.2) is 11.5 Å². The van der Waals surface area contributed by atoms with Gasteiger partial charge in [-0.1, -0.05) is 30.3 Å². The van der Waals surface area contributed by atoms with E-state index < -0.39 is 0 Å². The van der Waals surface area contributed by atoms with Gasteiger partial charge in [0.05, 0.1) is 0 Å². The first kappa shape index (κ1) is 16.0. The topological polar surface area (TPSA) is 18.5 Å². The Morgan fingerprint density at radius 3 is 2.48 bits per heavy atom. The molecule has 1 aliphatic carbocycles. The Kier molecular flexibility index (Phi) is 3.23. The zero-order valence-corrected chi connectivity index (χ0v) is 17.2. The standard InChI is InChI=1S/C25H16O2S2/c1(14-2-8-20-21(11-14)27-13-26-20)5-17-12-16-4-7-19-22-18(23(19)25(16)29-17)6-3-15-9-10-28-24(15)22/h2-4,6-12H,1,5,13H2. The normalized spacial score (nSPS) is 13.5. The predicted octanol–water partition coefficient (Wildman–Crippen LogP) is 7.28. The summed E-state index contributed by atoms with van der Waals surface area (Å²) in [7, 11) is 0. The number of hydrogen-bond acceptors (Lipinski definition) is 4. The molecule has 3 aromatic carbocycles. The van der Waals surface area contributed by atoms with Crippen LogP contribution in [-0.4, -0.2) is 6.79 Å². The Balaban J connectivity index is 1.23. The SMILES string of the molecule is c1cc2ccc3c(c2s1)-c1ccc2cc(CCc4ccc5c(c4)OCO5)sc2c1-3. The van der Waals surface area contributed by atoms with Crippen LogP contribution in [0, 0.1) is 0 Å². The largest absolute Gasteiger partial charge is 0.454 e. The lowest BCUT2D eigenvalue weighted by Gasteiger charge is -2.25. The lowest BCUT2D eigenvalue weighted by atomic mass is 9.79. The monoisotopic (exact) mass is 412 g/mol. The van der Waals surface area contributed by atoms with Crippen molar-refractivity contribution in [3.63, 3.8) is 0 Å². The summed E-state index contributed by atoms with van der Waals surface area (Å²) in [5.41, 5.74) is 7.04. The lowest BCUT2D eigenvalue weighted by Crippen LogP contribution is -1.98. The second-order valence-corrected chi connectivity index (χ2v) is 9.69. The number of hydrogen-bond donors (Lipinski definition) is 0. The second kappa shape index (κ2) is 5.85. The molecule has 5 aromatic rings. The summed E-state index contributed by atoms with van der Waals surface area (Å²) in [6.07, 6.45) is 2.06. The molecule has 2 aliphatic rings. The summed E-state index contributed by atoms with van der Waals surface area (Å²) >= 11 is 3.80. The van der Waals surface area contributed by atoms with Crippen LogP contribution >= 0.6 is 22.7 Å². The molecule has 0 atom stereocenters. The van der Waals surface area contributed by atoms with E-state index in [1.54, 1.807) is 0 Å². The van der Waals surface area contributed by atoms with Crippen LogP contribution in [-0.2, 0) is 12.8 Å². The number of ether oxygens (including phenoxy) is 2. The predicted molar refractivity (Wildman–Crippen MR) is 122 cm³/mol. The van der Waals surface area contributed by atoms with Gasteiger partial charge < -0.3 is 9.47 Å². The van der Waals surface area contributed by atoms with Gasteiger partial charge in [-0.3, -0.25) is 0 Å². The van der Waals surface area contributed by atoms with Crippen LogP contribution in [0.25, 0.3) is 42.4 Å². The van der Waals surface area contributed by atoms with Gasteiger partial charge in [0.1, 0.15) is 0 Å². The minimum Gasteiger partial charge on any atom is -0.454 e. The van der Waals surface area contributed by atoms with E-state index in [0.717, 1.165) is 24.3 Å². The summed E-state index contributed by atoms with van der Waals surface area (Å²) in [5, 5.41) is 4.92. The molecular weight excluding hydrogens is 396 g/mol. The maximum atomic E-state index is 5.51. The van der Waals surface area contributed by atoms with Crippen molar-refractivity contribution in [3.8, 4) is 33.8 Å². The fourth-order valence-electron chi connectivity index (χ4n) is 4.56. The average Bonchev–Trinajstić information content (AvgIpc) is 3.46. The van der Waals surface area contributed by atoms with Crippen molar-refractivity contribution >= 4 is 42.8 Å². The van der Waals surface area contributed by atoms with E-state index in [-0.39, 0.29) is 0 Å². The van der Waals surface area contributed by atoms with Crippen LogP contribution in [0.5, 0.6) is 11.5 Å². The molecule has 2 nitrogen and oxygen atoms in total. The van der Waals surface area contributed by atoms with Gasteiger partial charge in [-0.05, 0) is 69.9 Å². The fraction of sp³-hybridized carbons (Fsp3) is 0.120. The van der Waals surface area contributed by atoms with E-state index in [1.165, 1.54) is 52.9 Å². The summed E-state index contributed by atoms with van der Waals surface area (Å²) < 4.78 is 13.8. The Morgan fingerprint density at radius 1 is 0.724 bits per heavy atom.